The Labute approximate surface area is 122 Å². The molecule has 0 heterocycles. The summed E-state index contributed by atoms with van der Waals surface area (Å²) >= 11 is 0. The zero-order valence-corrected chi connectivity index (χ0v) is 13.0. The maximum atomic E-state index is 10.9. The predicted octanol–water partition coefficient (Wildman–Crippen LogP) is 3.18. The van der Waals surface area contributed by atoms with Crippen molar-refractivity contribution in [3.05, 3.63) is 12.7 Å². The van der Waals surface area contributed by atoms with E-state index >= 15 is 0 Å². The van der Waals surface area contributed by atoms with Crippen molar-refractivity contribution in [1.29, 1.82) is 0 Å². The smallest absolute Gasteiger partial charge is 0.329 e. The number of rotatable bonds is 2. The summed E-state index contributed by atoms with van der Waals surface area (Å²) in [6, 6.07) is 0. The third kappa shape index (κ3) is 2.65. The van der Waals surface area contributed by atoms with Crippen LogP contribution in [0.15, 0.2) is 12.7 Å². The molecule has 0 radical (unpaired) electrons. The monoisotopic (exact) mass is 280 g/mol. The molecule has 0 amide bonds. The fourth-order valence-electron chi connectivity index (χ4n) is 4.97. The third-order valence-corrected chi connectivity index (χ3v) is 5.74. The van der Waals surface area contributed by atoms with Crippen molar-refractivity contribution in [2.24, 2.45) is 29.6 Å². The van der Waals surface area contributed by atoms with Gasteiger partial charge in [0.15, 0.2) is 0 Å². The highest BCUT2D eigenvalue weighted by Crippen LogP contribution is 2.60. The molecule has 0 aromatic carbocycles. The van der Waals surface area contributed by atoms with Crippen LogP contribution in [0, 0.1) is 29.6 Å². The lowest BCUT2D eigenvalue weighted by Gasteiger charge is -2.60. The van der Waals surface area contributed by atoms with Crippen molar-refractivity contribution in [3.8, 4) is 0 Å². The Morgan fingerprint density at radius 1 is 1.20 bits per heavy atom. The van der Waals surface area contributed by atoms with Gasteiger partial charge in [-0.1, -0.05) is 20.4 Å². The maximum Gasteiger partial charge on any atom is 0.329 e. The number of ether oxygens (including phenoxy) is 1. The van der Waals surface area contributed by atoms with Crippen molar-refractivity contribution in [3.63, 3.8) is 0 Å². The van der Waals surface area contributed by atoms with Crippen LogP contribution >= 0.6 is 0 Å². The molecule has 4 aliphatic rings. The number of methoxy groups -OCH3 is 1. The Kier molecular flexibility index (Phi) is 4.58. The van der Waals surface area contributed by atoms with Gasteiger partial charge in [-0.2, -0.15) is 0 Å². The van der Waals surface area contributed by atoms with E-state index in [9.17, 15) is 9.90 Å². The van der Waals surface area contributed by atoms with Crippen LogP contribution in [0.4, 0.5) is 0 Å². The van der Waals surface area contributed by atoms with Gasteiger partial charge in [0.25, 0.3) is 0 Å². The zero-order valence-electron chi connectivity index (χ0n) is 13.0. The van der Waals surface area contributed by atoms with Crippen LogP contribution in [0.5, 0.6) is 0 Å². The fourth-order valence-corrected chi connectivity index (χ4v) is 4.97. The lowest BCUT2D eigenvalue weighted by molar-refractivity contribution is -0.195. The lowest BCUT2D eigenvalue weighted by Crippen LogP contribution is -2.60. The first-order valence-electron chi connectivity index (χ1n) is 7.84. The topological polar surface area (TPSA) is 46.5 Å². The Bertz CT molecular complexity index is 344. The molecule has 0 aromatic heterocycles. The Morgan fingerprint density at radius 2 is 1.65 bits per heavy atom. The lowest BCUT2D eigenvalue weighted by atomic mass is 9.48. The minimum atomic E-state index is -0.394. The normalized spacial score (nSPS) is 41.0. The van der Waals surface area contributed by atoms with Gasteiger partial charge in [-0.25, -0.2) is 4.79 Å². The molecule has 3 nitrogen and oxygen atoms in total. The van der Waals surface area contributed by atoms with Crippen LogP contribution in [-0.4, -0.2) is 23.8 Å². The molecule has 0 saturated heterocycles. The molecule has 0 aliphatic heterocycles. The zero-order chi connectivity index (χ0) is 14.9. The number of carbonyl (C=O) groups excluding carboxylic acids is 1. The van der Waals surface area contributed by atoms with Gasteiger partial charge in [0.1, 0.15) is 0 Å². The van der Waals surface area contributed by atoms with E-state index in [2.05, 4.69) is 25.2 Å². The standard InChI is InChI=1S/C13H22O.C4H6O2/c1-8(2)13(14)11-4-9-3-10(6-11)7-12(13)5-9;1-3-4(5)6-2/h8-12,14H,3-7H2,1-2H3;3H,1H2,2H3. The molecule has 4 aliphatic carbocycles. The quantitative estimate of drug-likeness (QED) is 0.624. The number of hydrogen-bond donors (Lipinski definition) is 1. The van der Waals surface area contributed by atoms with Crippen molar-refractivity contribution in [1.82, 2.24) is 0 Å². The Morgan fingerprint density at radius 3 is 1.90 bits per heavy atom. The summed E-state index contributed by atoms with van der Waals surface area (Å²) in [6.07, 6.45) is 7.87. The number of hydrogen-bond acceptors (Lipinski definition) is 3. The van der Waals surface area contributed by atoms with E-state index in [1.807, 2.05) is 0 Å². The van der Waals surface area contributed by atoms with Crippen LogP contribution in [0.25, 0.3) is 0 Å². The first kappa shape index (κ1) is 15.6. The molecular weight excluding hydrogens is 252 g/mol. The minimum absolute atomic E-state index is 0.298. The average molecular weight is 280 g/mol. The van der Waals surface area contributed by atoms with Crippen molar-refractivity contribution < 1.29 is 14.6 Å². The molecule has 4 bridgehead atoms. The van der Waals surface area contributed by atoms with Gasteiger partial charge in [-0.05, 0) is 61.7 Å². The fraction of sp³-hybridized carbons (Fsp3) is 0.824. The van der Waals surface area contributed by atoms with Gasteiger partial charge in [0, 0.05) is 6.08 Å². The molecular formula is C17H28O3. The van der Waals surface area contributed by atoms with Gasteiger partial charge in [0.2, 0.25) is 0 Å². The first-order chi connectivity index (χ1) is 9.41. The third-order valence-electron chi connectivity index (χ3n) is 5.74. The average Bonchev–Trinajstić information content (AvgIpc) is 2.43. The second-order valence-electron chi connectivity index (χ2n) is 7.07. The van der Waals surface area contributed by atoms with Crippen LogP contribution in [0.3, 0.4) is 0 Å². The molecule has 4 fully saturated rings. The SMILES string of the molecule is C=CC(=O)OC.CC(C)C1(O)C2CC3CC(C2)CC1C3. The van der Waals surface area contributed by atoms with Crippen molar-refractivity contribution >= 4 is 5.97 Å². The molecule has 1 N–H and O–H groups in total. The summed E-state index contributed by atoms with van der Waals surface area (Å²) in [7, 11) is 1.31. The molecule has 0 spiro atoms. The van der Waals surface area contributed by atoms with E-state index in [4.69, 9.17) is 0 Å². The number of aliphatic hydroxyl groups is 1. The number of carbonyl (C=O) groups is 1. The summed E-state index contributed by atoms with van der Waals surface area (Å²) in [6.45, 7) is 7.58. The van der Waals surface area contributed by atoms with Gasteiger partial charge in [-0.15, -0.1) is 0 Å². The highest BCUT2D eigenvalue weighted by Gasteiger charge is 2.57. The van der Waals surface area contributed by atoms with Crippen LogP contribution < -0.4 is 0 Å². The van der Waals surface area contributed by atoms with E-state index in [-0.39, 0.29) is 5.60 Å². The Hall–Kier alpha value is -0.830. The van der Waals surface area contributed by atoms with Crippen LogP contribution in [0.2, 0.25) is 0 Å². The van der Waals surface area contributed by atoms with E-state index in [1.54, 1.807) is 0 Å². The molecule has 4 saturated carbocycles. The second-order valence-corrected chi connectivity index (χ2v) is 7.07. The first-order valence-corrected chi connectivity index (χ1v) is 7.84. The van der Waals surface area contributed by atoms with E-state index in [0.29, 0.717) is 17.8 Å². The maximum absolute atomic E-state index is 10.9. The highest BCUT2D eigenvalue weighted by atomic mass is 16.5. The summed E-state index contributed by atoms with van der Waals surface area (Å²) in [5, 5.41) is 10.9. The van der Waals surface area contributed by atoms with Gasteiger partial charge in [0.05, 0.1) is 12.7 Å². The minimum Gasteiger partial charge on any atom is -0.466 e. The van der Waals surface area contributed by atoms with Crippen molar-refractivity contribution in [2.45, 2.75) is 51.6 Å². The number of esters is 1. The second kappa shape index (κ2) is 5.88. The summed E-state index contributed by atoms with van der Waals surface area (Å²) < 4.78 is 4.14. The summed E-state index contributed by atoms with van der Waals surface area (Å²) in [4.78, 5) is 9.84. The molecule has 0 aromatic rings. The molecule has 20 heavy (non-hydrogen) atoms. The Balaban J connectivity index is 0.000000212. The van der Waals surface area contributed by atoms with Gasteiger partial charge >= 0.3 is 5.97 Å². The van der Waals surface area contributed by atoms with Crippen molar-refractivity contribution in [2.75, 3.05) is 7.11 Å². The van der Waals surface area contributed by atoms with Crippen LogP contribution in [0.1, 0.15) is 46.0 Å². The molecule has 114 valence electrons. The van der Waals surface area contributed by atoms with Gasteiger partial charge in [-0.3, -0.25) is 0 Å². The van der Waals surface area contributed by atoms with E-state index in [0.717, 1.165) is 17.9 Å². The molecule has 0 atom stereocenters. The molecule has 4 rings (SSSR count). The molecule has 0 unspecified atom stereocenters. The van der Waals surface area contributed by atoms with Crippen LogP contribution in [-0.2, 0) is 9.53 Å². The van der Waals surface area contributed by atoms with E-state index < -0.39 is 5.97 Å². The summed E-state index contributed by atoms with van der Waals surface area (Å²) in [5.41, 5.74) is -0.298. The predicted molar refractivity (Wildman–Crippen MR) is 79.0 cm³/mol. The van der Waals surface area contributed by atoms with E-state index in [1.165, 1.54) is 39.2 Å². The highest BCUT2D eigenvalue weighted by molar-refractivity contribution is 5.80. The largest absolute Gasteiger partial charge is 0.466 e. The molecule has 3 heteroatoms. The van der Waals surface area contributed by atoms with Gasteiger partial charge < -0.3 is 9.84 Å². The summed E-state index contributed by atoms with van der Waals surface area (Å²) in [5.74, 6) is 3.28.